The average Bonchev–Trinajstić information content (AvgIpc) is 3.04. The van der Waals surface area contributed by atoms with Crippen molar-refractivity contribution in [3.8, 4) is 5.75 Å². The first-order valence-electron chi connectivity index (χ1n) is 7.26. The molecule has 0 amide bonds. The van der Waals surface area contributed by atoms with Gasteiger partial charge in [0.15, 0.2) is 5.78 Å². The summed E-state index contributed by atoms with van der Waals surface area (Å²) in [6.07, 6.45) is 6.15. The summed E-state index contributed by atoms with van der Waals surface area (Å²) in [6, 6.07) is 1.62. The summed E-state index contributed by atoms with van der Waals surface area (Å²) in [5.41, 5.74) is 1.07. The average molecular weight is 313 g/mol. The lowest BCUT2D eigenvalue weighted by atomic mass is 9.69. The second-order valence-electron chi connectivity index (χ2n) is 6.05. The van der Waals surface area contributed by atoms with Crippen molar-refractivity contribution < 1.29 is 9.90 Å². The Balaban J connectivity index is 2.11. The largest absolute Gasteiger partial charge is 0.506 e. The molecule has 1 saturated carbocycles. The van der Waals surface area contributed by atoms with E-state index in [9.17, 15) is 9.90 Å². The van der Waals surface area contributed by atoms with Crippen LogP contribution in [0.1, 0.15) is 54.9 Å². The number of carbonyl (C=O) groups is 1. The van der Waals surface area contributed by atoms with Gasteiger partial charge in [0.25, 0.3) is 0 Å². The molecule has 0 spiro atoms. The van der Waals surface area contributed by atoms with Crippen LogP contribution in [-0.2, 0) is 6.42 Å². The molecule has 2 aliphatic carbocycles. The van der Waals surface area contributed by atoms with Crippen LogP contribution in [0.3, 0.4) is 0 Å². The summed E-state index contributed by atoms with van der Waals surface area (Å²) in [7, 11) is 0. The molecule has 0 heterocycles. The first-order chi connectivity index (χ1) is 9.51. The van der Waals surface area contributed by atoms with E-state index in [0.29, 0.717) is 17.9 Å². The third kappa shape index (κ3) is 1.81. The molecule has 0 bridgehead atoms. The van der Waals surface area contributed by atoms with Gasteiger partial charge in [-0.25, -0.2) is 0 Å². The molecule has 1 aromatic rings. The minimum Gasteiger partial charge on any atom is -0.506 e. The van der Waals surface area contributed by atoms with Crippen LogP contribution in [0.5, 0.6) is 5.75 Å². The predicted molar refractivity (Wildman–Crippen MR) is 80.8 cm³/mol. The van der Waals surface area contributed by atoms with E-state index >= 15 is 0 Å². The lowest BCUT2D eigenvalue weighted by Gasteiger charge is -2.32. The number of rotatable bonds is 2. The zero-order chi connectivity index (χ0) is 14.5. The molecular weight excluding hydrogens is 295 g/mol. The van der Waals surface area contributed by atoms with Gasteiger partial charge < -0.3 is 5.11 Å². The number of Topliss-reactive ketones (excluding diaryl/α,β-unsaturated/α-hetero) is 1. The maximum Gasteiger partial charge on any atom is 0.171 e. The second kappa shape index (κ2) is 4.92. The lowest BCUT2D eigenvalue weighted by molar-refractivity contribution is 0.0691. The Labute approximate surface area is 129 Å². The zero-order valence-electron chi connectivity index (χ0n) is 11.5. The molecule has 4 heteroatoms. The summed E-state index contributed by atoms with van der Waals surface area (Å²) in [5, 5.41) is 10.1. The molecule has 108 valence electrons. The predicted octanol–water partition coefficient (Wildman–Crippen LogP) is 5.02. The van der Waals surface area contributed by atoms with E-state index in [-0.39, 0.29) is 27.0 Å². The van der Waals surface area contributed by atoms with Crippen molar-refractivity contribution >= 4 is 29.0 Å². The molecule has 20 heavy (non-hydrogen) atoms. The fraction of sp³-hybridized carbons (Fsp3) is 0.562. The fourth-order valence-electron chi connectivity index (χ4n) is 4.10. The number of hydrogen-bond donors (Lipinski definition) is 1. The smallest absolute Gasteiger partial charge is 0.171 e. The molecule has 0 aromatic heterocycles. The van der Waals surface area contributed by atoms with Crippen molar-refractivity contribution in [2.45, 2.75) is 45.4 Å². The number of halogens is 2. The van der Waals surface area contributed by atoms with Gasteiger partial charge >= 0.3 is 0 Å². The quantitative estimate of drug-likeness (QED) is 0.832. The van der Waals surface area contributed by atoms with E-state index in [4.69, 9.17) is 23.2 Å². The highest BCUT2D eigenvalue weighted by molar-refractivity contribution is 6.45. The Hall–Kier alpha value is -0.730. The molecule has 0 unspecified atom stereocenters. The number of ketones is 1. The molecule has 1 atom stereocenters. The van der Waals surface area contributed by atoms with Crippen LogP contribution in [0.25, 0.3) is 0 Å². The standard InChI is InChI=1S/C16H18Cl2O2/c1-2-16(10-5-3-4-6-10)8-9-7-11(19)13(17)14(18)12(9)15(16)20/h7,10,19H,2-6,8H2,1H3/t16-/m1/s1. The second-order valence-corrected chi connectivity index (χ2v) is 6.81. The van der Waals surface area contributed by atoms with E-state index in [1.165, 1.54) is 12.8 Å². The highest BCUT2D eigenvalue weighted by atomic mass is 35.5. The van der Waals surface area contributed by atoms with E-state index in [1.54, 1.807) is 6.07 Å². The Morgan fingerprint density at radius 1 is 1.30 bits per heavy atom. The topological polar surface area (TPSA) is 37.3 Å². The third-order valence-electron chi connectivity index (χ3n) is 5.22. The molecule has 0 radical (unpaired) electrons. The number of carbonyl (C=O) groups excluding carboxylic acids is 1. The van der Waals surface area contributed by atoms with Gasteiger partial charge in [-0.1, -0.05) is 43.0 Å². The molecule has 1 aromatic carbocycles. The van der Waals surface area contributed by atoms with Gasteiger partial charge in [0.2, 0.25) is 0 Å². The molecule has 2 aliphatic rings. The van der Waals surface area contributed by atoms with E-state index < -0.39 is 0 Å². The van der Waals surface area contributed by atoms with Gasteiger partial charge in [0.1, 0.15) is 10.8 Å². The lowest BCUT2D eigenvalue weighted by Crippen LogP contribution is -2.34. The summed E-state index contributed by atoms with van der Waals surface area (Å²) in [4.78, 5) is 13.0. The normalized spacial score (nSPS) is 26.2. The van der Waals surface area contributed by atoms with Gasteiger partial charge in [-0.05, 0) is 43.2 Å². The first kappa shape index (κ1) is 14.2. The number of phenolic OH excluding ortho intramolecular Hbond substituents is 1. The van der Waals surface area contributed by atoms with Crippen molar-refractivity contribution in [2.75, 3.05) is 0 Å². The molecule has 0 aliphatic heterocycles. The Kier molecular flexibility index (Phi) is 3.50. The summed E-state index contributed by atoms with van der Waals surface area (Å²) >= 11 is 12.2. The molecule has 3 rings (SSSR count). The van der Waals surface area contributed by atoms with E-state index in [2.05, 4.69) is 6.92 Å². The van der Waals surface area contributed by atoms with Gasteiger partial charge in [-0.2, -0.15) is 0 Å². The Morgan fingerprint density at radius 2 is 1.95 bits per heavy atom. The van der Waals surface area contributed by atoms with Crippen molar-refractivity contribution in [2.24, 2.45) is 11.3 Å². The van der Waals surface area contributed by atoms with E-state index in [0.717, 1.165) is 24.8 Å². The SMILES string of the molecule is CC[C@]1(C2CCCC2)Cc2cc(O)c(Cl)c(Cl)c2C1=O. The Bertz CT molecular complexity index is 576. The monoisotopic (exact) mass is 312 g/mol. The van der Waals surface area contributed by atoms with Crippen LogP contribution in [0.15, 0.2) is 6.07 Å². The van der Waals surface area contributed by atoms with Crippen molar-refractivity contribution in [1.29, 1.82) is 0 Å². The van der Waals surface area contributed by atoms with Gasteiger partial charge in [-0.3, -0.25) is 4.79 Å². The van der Waals surface area contributed by atoms with E-state index in [1.807, 2.05) is 0 Å². The molecule has 1 fully saturated rings. The molecule has 1 N–H and O–H groups in total. The maximum absolute atomic E-state index is 13.0. The van der Waals surface area contributed by atoms with Crippen LogP contribution in [-0.4, -0.2) is 10.9 Å². The minimum atomic E-state index is -0.334. The van der Waals surface area contributed by atoms with Gasteiger partial charge in [0.05, 0.1) is 5.02 Å². The van der Waals surface area contributed by atoms with Gasteiger partial charge in [0, 0.05) is 11.0 Å². The molecular formula is C16H18Cl2O2. The summed E-state index contributed by atoms with van der Waals surface area (Å²) < 4.78 is 0. The minimum absolute atomic E-state index is 0.0264. The highest BCUT2D eigenvalue weighted by Gasteiger charge is 2.51. The highest BCUT2D eigenvalue weighted by Crippen LogP contribution is 2.53. The van der Waals surface area contributed by atoms with Crippen LogP contribution < -0.4 is 0 Å². The van der Waals surface area contributed by atoms with Crippen molar-refractivity contribution in [3.63, 3.8) is 0 Å². The molecule has 0 saturated heterocycles. The summed E-state index contributed by atoms with van der Waals surface area (Å²) in [6.45, 7) is 2.08. The zero-order valence-corrected chi connectivity index (χ0v) is 13.0. The van der Waals surface area contributed by atoms with Gasteiger partial charge in [-0.15, -0.1) is 0 Å². The third-order valence-corrected chi connectivity index (χ3v) is 6.08. The summed E-state index contributed by atoms with van der Waals surface area (Å²) in [5.74, 6) is 0.541. The van der Waals surface area contributed by atoms with Crippen molar-refractivity contribution in [3.05, 3.63) is 27.2 Å². The van der Waals surface area contributed by atoms with Crippen LogP contribution in [0.2, 0.25) is 10.0 Å². The maximum atomic E-state index is 13.0. The van der Waals surface area contributed by atoms with Crippen LogP contribution >= 0.6 is 23.2 Å². The van der Waals surface area contributed by atoms with Crippen LogP contribution in [0.4, 0.5) is 0 Å². The number of aromatic hydroxyl groups is 1. The first-order valence-corrected chi connectivity index (χ1v) is 8.01. The number of fused-ring (bicyclic) bond motifs is 1. The Morgan fingerprint density at radius 3 is 2.55 bits per heavy atom. The number of benzene rings is 1. The number of phenols is 1. The van der Waals surface area contributed by atoms with Crippen molar-refractivity contribution in [1.82, 2.24) is 0 Å². The fourth-order valence-corrected chi connectivity index (χ4v) is 4.55. The molecule has 2 nitrogen and oxygen atoms in total. The van der Waals surface area contributed by atoms with Crippen LogP contribution in [0, 0.1) is 11.3 Å². The number of hydrogen-bond acceptors (Lipinski definition) is 2.